The SMILES string of the molecule is COc1ccc(OC)[n+]([O-])c1OC. The van der Waals surface area contributed by atoms with E-state index in [2.05, 4.69) is 0 Å². The number of pyridine rings is 1. The fourth-order valence-corrected chi connectivity index (χ4v) is 0.976. The lowest BCUT2D eigenvalue weighted by atomic mass is 10.4. The van der Waals surface area contributed by atoms with Crippen LogP contribution in [-0.2, 0) is 0 Å². The Kier molecular flexibility index (Phi) is 2.79. The molecule has 0 saturated heterocycles. The first kappa shape index (κ1) is 9.44. The van der Waals surface area contributed by atoms with Gasteiger partial charge in [0.05, 0.1) is 27.4 Å². The van der Waals surface area contributed by atoms with Crippen molar-refractivity contribution < 1.29 is 18.9 Å². The van der Waals surface area contributed by atoms with Gasteiger partial charge in [-0.15, -0.1) is 0 Å². The third-order valence-electron chi connectivity index (χ3n) is 1.60. The van der Waals surface area contributed by atoms with Crippen LogP contribution in [0.1, 0.15) is 0 Å². The van der Waals surface area contributed by atoms with Crippen LogP contribution >= 0.6 is 0 Å². The minimum atomic E-state index is 0.0850. The Labute approximate surface area is 76.0 Å². The number of nitrogens with zero attached hydrogens (tertiary/aromatic N) is 1. The first-order valence-corrected chi connectivity index (χ1v) is 3.63. The number of hydrogen-bond acceptors (Lipinski definition) is 4. The summed E-state index contributed by atoms with van der Waals surface area (Å²) in [6.45, 7) is 0. The Morgan fingerprint density at radius 1 is 1.08 bits per heavy atom. The van der Waals surface area contributed by atoms with Crippen LogP contribution in [0.15, 0.2) is 12.1 Å². The lowest BCUT2D eigenvalue weighted by molar-refractivity contribution is -0.619. The summed E-state index contributed by atoms with van der Waals surface area (Å²) in [6.07, 6.45) is 0. The minimum absolute atomic E-state index is 0.0850. The van der Waals surface area contributed by atoms with Crippen molar-refractivity contribution in [3.05, 3.63) is 17.3 Å². The molecule has 0 fully saturated rings. The van der Waals surface area contributed by atoms with Crippen molar-refractivity contribution in [2.45, 2.75) is 0 Å². The summed E-state index contributed by atoms with van der Waals surface area (Å²) in [6, 6.07) is 3.11. The first-order valence-electron chi connectivity index (χ1n) is 3.63. The Morgan fingerprint density at radius 2 is 1.77 bits per heavy atom. The van der Waals surface area contributed by atoms with Gasteiger partial charge in [-0.05, 0) is 0 Å². The zero-order valence-electron chi connectivity index (χ0n) is 7.73. The van der Waals surface area contributed by atoms with E-state index in [1.54, 1.807) is 6.07 Å². The van der Waals surface area contributed by atoms with Crippen LogP contribution in [0.3, 0.4) is 0 Å². The van der Waals surface area contributed by atoms with Gasteiger partial charge in [-0.25, -0.2) is 0 Å². The monoisotopic (exact) mass is 185 g/mol. The van der Waals surface area contributed by atoms with Crippen molar-refractivity contribution in [2.24, 2.45) is 0 Å². The van der Waals surface area contributed by atoms with E-state index < -0.39 is 0 Å². The van der Waals surface area contributed by atoms with E-state index in [1.807, 2.05) is 0 Å². The van der Waals surface area contributed by atoms with Crippen LogP contribution in [0.25, 0.3) is 0 Å². The molecule has 0 saturated carbocycles. The topological polar surface area (TPSA) is 54.6 Å². The highest BCUT2D eigenvalue weighted by atomic mass is 16.6. The average Bonchev–Trinajstić information content (AvgIpc) is 2.17. The highest BCUT2D eigenvalue weighted by Gasteiger charge is 2.18. The highest BCUT2D eigenvalue weighted by Crippen LogP contribution is 2.24. The van der Waals surface area contributed by atoms with Gasteiger partial charge in [-0.2, -0.15) is 0 Å². The lowest BCUT2D eigenvalue weighted by Crippen LogP contribution is -2.30. The molecule has 13 heavy (non-hydrogen) atoms. The molecule has 0 unspecified atom stereocenters. The van der Waals surface area contributed by atoms with Gasteiger partial charge in [-0.3, -0.25) is 0 Å². The third kappa shape index (κ3) is 1.58. The maximum Gasteiger partial charge on any atom is 0.425 e. The molecule has 1 heterocycles. The van der Waals surface area contributed by atoms with E-state index >= 15 is 0 Å². The van der Waals surface area contributed by atoms with Crippen molar-refractivity contribution in [2.75, 3.05) is 21.3 Å². The van der Waals surface area contributed by atoms with Gasteiger partial charge < -0.3 is 19.4 Å². The normalized spacial score (nSPS) is 9.46. The van der Waals surface area contributed by atoms with E-state index in [-0.39, 0.29) is 11.8 Å². The summed E-state index contributed by atoms with van der Waals surface area (Å²) >= 11 is 0. The molecule has 0 aliphatic heterocycles. The van der Waals surface area contributed by atoms with E-state index in [9.17, 15) is 5.21 Å². The zero-order valence-corrected chi connectivity index (χ0v) is 7.73. The summed E-state index contributed by atoms with van der Waals surface area (Å²) in [5.74, 6) is 0.623. The number of methoxy groups -OCH3 is 3. The molecule has 1 aromatic rings. The van der Waals surface area contributed by atoms with Crippen LogP contribution in [-0.4, -0.2) is 21.3 Å². The molecular weight excluding hydrogens is 174 g/mol. The second kappa shape index (κ2) is 3.84. The van der Waals surface area contributed by atoms with E-state index in [1.165, 1.54) is 27.4 Å². The number of ether oxygens (including phenoxy) is 3. The number of hydrogen-bond donors (Lipinski definition) is 0. The molecule has 72 valence electrons. The molecule has 5 heteroatoms. The van der Waals surface area contributed by atoms with Gasteiger partial charge in [0.1, 0.15) is 0 Å². The van der Waals surface area contributed by atoms with Crippen molar-refractivity contribution in [1.29, 1.82) is 0 Å². The summed E-state index contributed by atoms with van der Waals surface area (Å²) < 4.78 is 15.1. The van der Waals surface area contributed by atoms with Crippen LogP contribution in [0, 0.1) is 5.21 Å². The molecule has 0 amide bonds. The fourth-order valence-electron chi connectivity index (χ4n) is 0.976. The lowest BCUT2D eigenvalue weighted by Gasteiger charge is -2.08. The van der Waals surface area contributed by atoms with Crippen molar-refractivity contribution in [3.8, 4) is 17.5 Å². The Hall–Kier alpha value is -1.65. The van der Waals surface area contributed by atoms with Crippen molar-refractivity contribution >= 4 is 0 Å². The predicted octanol–water partition coefficient (Wildman–Crippen LogP) is 0.346. The van der Waals surface area contributed by atoms with Crippen molar-refractivity contribution in [1.82, 2.24) is 0 Å². The molecule has 1 rings (SSSR count). The van der Waals surface area contributed by atoms with Gasteiger partial charge in [-0.1, -0.05) is 4.73 Å². The maximum atomic E-state index is 11.4. The third-order valence-corrected chi connectivity index (χ3v) is 1.60. The average molecular weight is 185 g/mol. The van der Waals surface area contributed by atoms with E-state index in [4.69, 9.17) is 14.2 Å². The maximum absolute atomic E-state index is 11.4. The van der Waals surface area contributed by atoms with Crippen LogP contribution in [0.5, 0.6) is 17.5 Å². The first-order chi connectivity index (χ1) is 6.24. The summed E-state index contributed by atoms with van der Waals surface area (Å²) in [4.78, 5) is 0. The van der Waals surface area contributed by atoms with Gasteiger partial charge in [0.2, 0.25) is 5.75 Å². The zero-order chi connectivity index (χ0) is 9.84. The molecule has 0 aliphatic rings. The van der Waals surface area contributed by atoms with Gasteiger partial charge in [0, 0.05) is 6.07 Å². The molecule has 0 spiro atoms. The predicted molar refractivity (Wildman–Crippen MR) is 45.1 cm³/mol. The summed E-state index contributed by atoms with van der Waals surface area (Å²) in [5.41, 5.74) is 0. The van der Waals surface area contributed by atoms with Crippen LogP contribution in [0.2, 0.25) is 0 Å². The number of aromatic nitrogens is 1. The molecule has 0 bridgehead atoms. The molecule has 0 N–H and O–H groups in total. The second-order valence-corrected chi connectivity index (χ2v) is 2.25. The molecule has 1 aromatic heterocycles. The van der Waals surface area contributed by atoms with Gasteiger partial charge in [0.25, 0.3) is 0 Å². The molecule has 5 nitrogen and oxygen atoms in total. The van der Waals surface area contributed by atoms with Crippen molar-refractivity contribution in [3.63, 3.8) is 0 Å². The van der Waals surface area contributed by atoms with Gasteiger partial charge >= 0.3 is 11.8 Å². The Balaban J connectivity index is 3.23. The molecule has 0 aliphatic carbocycles. The Morgan fingerprint density at radius 3 is 2.23 bits per heavy atom. The quantitative estimate of drug-likeness (QED) is 0.503. The summed E-state index contributed by atoms with van der Waals surface area (Å²) in [5, 5.41) is 11.4. The largest absolute Gasteiger partial charge is 0.613 e. The molecular formula is C8H11NO4. The van der Waals surface area contributed by atoms with Gasteiger partial charge in [0.15, 0.2) is 0 Å². The molecule has 0 aromatic carbocycles. The molecule has 0 radical (unpaired) electrons. The fraction of sp³-hybridized carbons (Fsp3) is 0.375. The number of rotatable bonds is 3. The minimum Gasteiger partial charge on any atom is -0.613 e. The highest BCUT2D eigenvalue weighted by molar-refractivity contribution is 5.31. The summed E-state index contributed by atoms with van der Waals surface area (Å²) in [7, 11) is 4.27. The Bertz CT molecular complexity index is 300. The smallest absolute Gasteiger partial charge is 0.425 e. The standard InChI is InChI=1S/C8H11NO4/c1-11-6-4-5-7(12-2)9(10)8(6)13-3/h4-5H,1-3H3. The van der Waals surface area contributed by atoms with E-state index in [0.717, 1.165) is 0 Å². The second-order valence-electron chi connectivity index (χ2n) is 2.25. The van der Waals surface area contributed by atoms with Crippen LogP contribution in [0.4, 0.5) is 0 Å². The van der Waals surface area contributed by atoms with Crippen LogP contribution < -0.4 is 18.9 Å². The molecule has 0 atom stereocenters. The van der Waals surface area contributed by atoms with E-state index in [0.29, 0.717) is 10.5 Å².